The highest BCUT2D eigenvalue weighted by atomic mass is 16.5. The van der Waals surface area contributed by atoms with Gasteiger partial charge in [-0.2, -0.15) is 0 Å². The van der Waals surface area contributed by atoms with E-state index in [4.69, 9.17) is 4.74 Å². The van der Waals surface area contributed by atoms with Crippen LogP contribution in [0.5, 0.6) is 0 Å². The summed E-state index contributed by atoms with van der Waals surface area (Å²) in [5.74, 6) is -0.204. The molecule has 17 heavy (non-hydrogen) atoms. The van der Waals surface area contributed by atoms with Gasteiger partial charge in [0.2, 0.25) is 0 Å². The molecule has 0 spiro atoms. The number of ether oxygens (including phenoxy) is 1. The summed E-state index contributed by atoms with van der Waals surface area (Å²) in [6.45, 7) is 4.81. The largest absolute Gasteiger partial charge is 0.462 e. The van der Waals surface area contributed by atoms with Gasteiger partial charge in [0.25, 0.3) is 0 Å². The molecule has 0 aromatic heterocycles. The van der Waals surface area contributed by atoms with Crippen LogP contribution < -0.4 is 0 Å². The molecule has 0 aliphatic carbocycles. The predicted molar refractivity (Wildman–Crippen MR) is 70.2 cm³/mol. The smallest absolute Gasteiger partial charge is 0.338 e. The van der Waals surface area contributed by atoms with Crippen molar-refractivity contribution in [1.82, 2.24) is 0 Å². The molecule has 0 unspecified atom stereocenters. The molecule has 0 aliphatic heterocycles. The Labute approximate surface area is 104 Å². The summed E-state index contributed by atoms with van der Waals surface area (Å²) in [5.41, 5.74) is 1.93. The number of carbonyl (C=O) groups is 1. The molecule has 0 aliphatic rings. The molecule has 0 atom stereocenters. The monoisotopic (exact) mass is 234 g/mol. The first-order chi connectivity index (χ1) is 8.27. The third kappa shape index (κ3) is 5.03. The molecule has 0 saturated carbocycles. The molecule has 0 bridgehead atoms. The minimum Gasteiger partial charge on any atom is -0.462 e. The Morgan fingerprint density at radius 2 is 1.76 bits per heavy atom. The van der Waals surface area contributed by atoms with E-state index in [0.29, 0.717) is 12.2 Å². The van der Waals surface area contributed by atoms with E-state index in [1.54, 1.807) is 0 Å². The lowest BCUT2D eigenvalue weighted by Gasteiger charge is -2.05. The first-order valence-electron chi connectivity index (χ1n) is 6.54. The van der Waals surface area contributed by atoms with E-state index in [9.17, 15) is 4.79 Å². The Bertz CT molecular complexity index is 327. The first-order valence-corrected chi connectivity index (χ1v) is 6.54. The summed E-state index contributed by atoms with van der Waals surface area (Å²) < 4.78 is 5.19. The van der Waals surface area contributed by atoms with Crippen LogP contribution >= 0.6 is 0 Å². The second-order valence-corrected chi connectivity index (χ2v) is 4.29. The zero-order chi connectivity index (χ0) is 12.5. The first kappa shape index (κ1) is 13.8. The fourth-order valence-electron chi connectivity index (χ4n) is 1.70. The molecule has 2 heteroatoms. The Morgan fingerprint density at radius 3 is 2.35 bits per heavy atom. The number of hydrogen-bond donors (Lipinski definition) is 0. The summed E-state index contributed by atoms with van der Waals surface area (Å²) in [6.07, 6.45) is 5.40. The SMILES string of the molecule is CCCCCOC(=O)c1ccc(CCC)cc1. The molecule has 0 fully saturated rings. The molecule has 0 amide bonds. The topological polar surface area (TPSA) is 26.3 Å². The van der Waals surface area contributed by atoms with Crippen LogP contribution in [-0.4, -0.2) is 12.6 Å². The van der Waals surface area contributed by atoms with Gasteiger partial charge >= 0.3 is 5.97 Å². The van der Waals surface area contributed by atoms with E-state index >= 15 is 0 Å². The van der Waals surface area contributed by atoms with Gasteiger partial charge in [0.1, 0.15) is 0 Å². The molecule has 0 saturated heterocycles. The van der Waals surface area contributed by atoms with E-state index < -0.39 is 0 Å². The minimum absolute atomic E-state index is 0.204. The number of esters is 1. The van der Waals surface area contributed by atoms with Crippen molar-refractivity contribution in [2.75, 3.05) is 6.61 Å². The zero-order valence-corrected chi connectivity index (χ0v) is 10.9. The Kier molecular flexibility index (Phi) is 6.38. The van der Waals surface area contributed by atoms with Crippen LogP contribution in [0.1, 0.15) is 55.5 Å². The average molecular weight is 234 g/mol. The highest BCUT2D eigenvalue weighted by Crippen LogP contribution is 2.08. The van der Waals surface area contributed by atoms with Crippen LogP contribution in [0.3, 0.4) is 0 Å². The van der Waals surface area contributed by atoms with E-state index in [1.807, 2.05) is 24.3 Å². The van der Waals surface area contributed by atoms with Crippen molar-refractivity contribution in [3.63, 3.8) is 0 Å². The molecule has 1 aromatic carbocycles. The lowest BCUT2D eigenvalue weighted by molar-refractivity contribution is 0.0498. The van der Waals surface area contributed by atoms with Crippen LogP contribution in [0, 0.1) is 0 Å². The highest BCUT2D eigenvalue weighted by molar-refractivity contribution is 5.89. The van der Waals surface area contributed by atoms with Crippen LogP contribution in [0.15, 0.2) is 24.3 Å². The van der Waals surface area contributed by atoms with E-state index in [-0.39, 0.29) is 5.97 Å². The fraction of sp³-hybridized carbons (Fsp3) is 0.533. The molecule has 0 N–H and O–H groups in total. The Hall–Kier alpha value is -1.31. The van der Waals surface area contributed by atoms with Crippen LogP contribution in [-0.2, 0) is 11.2 Å². The van der Waals surface area contributed by atoms with Gasteiger partial charge in [-0.3, -0.25) is 0 Å². The third-order valence-corrected chi connectivity index (χ3v) is 2.71. The van der Waals surface area contributed by atoms with Crippen LogP contribution in [0.25, 0.3) is 0 Å². The van der Waals surface area contributed by atoms with Crippen molar-refractivity contribution in [3.8, 4) is 0 Å². The Morgan fingerprint density at radius 1 is 1.06 bits per heavy atom. The lowest BCUT2D eigenvalue weighted by Crippen LogP contribution is -2.06. The van der Waals surface area contributed by atoms with Gasteiger partial charge in [-0.1, -0.05) is 45.2 Å². The predicted octanol–water partition coefficient (Wildman–Crippen LogP) is 3.99. The van der Waals surface area contributed by atoms with Crippen LogP contribution in [0.4, 0.5) is 0 Å². The van der Waals surface area contributed by atoms with E-state index in [2.05, 4.69) is 13.8 Å². The summed E-state index contributed by atoms with van der Waals surface area (Å²) in [5, 5.41) is 0. The quantitative estimate of drug-likeness (QED) is 0.527. The number of aryl methyl sites for hydroxylation is 1. The number of unbranched alkanes of at least 4 members (excludes halogenated alkanes) is 2. The maximum absolute atomic E-state index is 11.7. The third-order valence-electron chi connectivity index (χ3n) is 2.71. The van der Waals surface area contributed by atoms with Gasteiger partial charge in [0, 0.05) is 0 Å². The summed E-state index contributed by atoms with van der Waals surface area (Å²) in [6, 6.07) is 7.72. The van der Waals surface area contributed by atoms with Crippen molar-refractivity contribution in [2.45, 2.75) is 46.0 Å². The van der Waals surface area contributed by atoms with Gasteiger partial charge in [-0.15, -0.1) is 0 Å². The molecule has 1 rings (SSSR count). The highest BCUT2D eigenvalue weighted by Gasteiger charge is 2.06. The van der Waals surface area contributed by atoms with E-state index in [0.717, 1.165) is 32.1 Å². The summed E-state index contributed by atoms with van der Waals surface area (Å²) in [7, 11) is 0. The molecule has 2 nitrogen and oxygen atoms in total. The summed E-state index contributed by atoms with van der Waals surface area (Å²) >= 11 is 0. The second-order valence-electron chi connectivity index (χ2n) is 4.29. The number of hydrogen-bond acceptors (Lipinski definition) is 2. The van der Waals surface area contributed by atoms with Gasteiger partial charge in [0.15, 0.2) is 0 Å². The molecule has 94 valence electrons. The van der Waals surface area contributed by atoms with Gasteiger partial charge in [0.05, 0.1) is 12.2 Å². The number of benzene rings is 1. The minimum atomic E-state index is -0.204. The number of carbonyl (C=O) groups excluding carboxylic acids is 1. The molecular weight excluding hydrogens is 212 g/mol. The van der Waals surface area contributed by atoms with Gasteiger partial charge in [-0.05, 0) is 30.5 Å². The average Bonchev–Trinajstić information content (AvgIpc) is 2.36. The van der Waals surface area contributed by atoms with Crippen molar-refractivity contribution in [3.05, 3.63) is 35.4 Å². The van der Waals surface area contributed by atoms with Crippen molar-refractivity contribution in [2.24, 2.45) is 0 Å². The maximum atomic E-state index is 11.7. The second kappa shape index (κ2) is 7.88. The van der Waals surface area contributed by atoms with Crippen molar-refractivity contribution in [1.29, 1.82) is 0 Å². The zero-order valence-electron chi connectivity index (χ0n) is 10.9. The summed E-state index contributed by atoms with van der Waals surface area (Å²) in [4.78, 5) is 11.7. The molecular formula is C15H22O2. The fourth-order valence-corrected chi connectivity index (χ4v) is 1.70. The standard InChI is InChI=1S/C15H22O2/c1-3-5-6-12-17-15(16)14-10-8-13(7-4-2)9-11-14/h8-11H,3-7,12H2,1-2H3. The van der Waals surface area contributed by atoms with Crippen LogP contribution in [0.2, 0.25) is 0 Å². The normalized spacial score (nSPS) is 10.2. The molecule has 0 heterocycles. The van der Waals surface area contributed by atoms with Crippen molar-refractivity contribution >= 4 is 5.97 Å². The van der Waals surface area contributed by atoms with Gasteiger partial charge < -0.3 is 4.74 Å². The van der Waals surface area contributed by atoms with Gasteiger partial charge in [-0.25, -0.2) is 4.79 Å². The molecule has 0 radical (unpaired) electrons. The lowest BCUT2D eigenvalue weighted by atomic mass is 10.1. The van der Waals surface area contributed by atoms with E-state index in [1.165, 1.54) is 5.56 Å². The molecule has 1 aromatic rings. The Balaban J connectivity index is 2.40. The van der Waals surface area contributed by atoms with Crippen molar-refractivity contribution < 1.29 is 9.53 Å². The number of rotatable bonds is 7. The maximum Gasteiger partial charge on any atom is 0.338 e.